The zero-order valence-corrected chi connectivity index (χ0v) is 12.8. The quantitative estimate of drug-likeness (QED) is 0.789. The van der Waals surface area contributed by atoms with E-state index in [-0.39, 0.29) is 36.4 Å². The van der Waals surface area contributed by atoms with E-state index in [0.717, 1.165) is 17.7 Å². The highest BCUT2D eigenvalue weighted by Gasteiger charge is 2.29. The second kappa shape index (κ2) is 6.61. The largest absolute Gasteiger partial charge is 0.382 e. The molecular formula is C16H23N3O2. The number of benzene rings is 1. The summed E-state index contributed by atoms with van der Waals surface area (Å²) >= 11 is 0. The van der Waals surface area contributed by atoms with Gasteiger partial charge in [-0.2, -0.15) is 0 Å². The molecule has 1 heterocycles. The van der Waals surface area contributed by atoms with Crippen LogP contribution in [0.25, 0.3) is 0 Å². The lowest BCUT2D eigenvalue weighted by Crippen LogP contribution is -2.42. The molecular weight excluding hydrogens is 266 g/mol. The molecule has 0 bridgehead atoms. The Bertz CT molecular complexity index is 528. The van der Waals surface area contributed by atoms with Gasteiger partial charge in [-0.05, 0) is 38.8 Å². The van der Waals surface area contributed by atoms with Crippen molar-refractivity contribution in [2.45, 2.75) is 45.2 Å². The SMILES string of the molecule is CC(C)NC(=O)CNC(=O)C1CC(C)Nc2ccccc21. The van der Waals surface area contributed by atoms with Crippen LogP contribution >= 0.6 is 0 Å². The molecule has 1 aliphatic rings. The maximum atomic E-state index is 12.4. The van der Waals surface area contributed by atoms with Crippen LogP contribution in [-0.2, 0) is 9.59 Å². The van der Waals surface area contributed by atoms with E-state index in [4.69, 9.17) is 0 Å². The summed E-state index contributed by atoms with van der Waals surface area (Å²) in [6.07, 6.45) is 0.731. The number of para-hydroxylation sites is 1. The van der Waals surface area contributed by atoms with E-state index in [1.54, 1.807) is 0 Å². The first kappa shape index (κ1) is 15.4. The van der Waals surface area contributed by atoms with Crippen molar-refractivity contribution in [1.29, 1.82) is 0 Å². The van der Waals surface area contributed by atoms with E-state index in [0.29, 0.717) is 0 Å². The predicted molar refractivity (Wildman–Crippen MR) is 83.2 cm³/mol. The summed E-state index contributed by atoms with van der Waals surface area (Å²) in [4.78, 5) is 24.0. The first-order chi connectivity index (χ1) is 9.97. The van der Waals surface area contributed by atoms with Crippen molar-refractivity contribution < 1.29 is 9.59 Å². The summed E-state index contributed by atoms with van der Waals surface area (Å²) in [7, 11) is 0. The number of hydrogen-bond donors (Lipinski definition) is 3. The maximum Gasteiger partial charge on any atom is 0.239 e. The van der Waals surface area contributed by atoms with Crippen LogP contribution in [0.2, 0.25) is 0 Å². The van der Waals surface area contributed by atoms with Gasteiger partial charge in [0.15, 0.2) is 0 Å². The van der Waals surface area contributed by atoms with Gasteiger partial charge >= 0.3 is 0 Å². The zero-order chi connectivity index (χ0) is 15.4. The van der Waals surface area contributed by atoms with Crippen molar-refractivity contribution in [2.24, 2.45) is 0 Å². The smallest absolute Gasteiger partial charge is 0.239 e. The van der Waals surface area contributed by atoms with Crippen LogP contribution in [0.15, 0.2) is 24.3 Å². The Hall–Kier alpha value is -2.04. The monoisotopic (exact) mass is 289 g/mol. The molecule has 0 saturated carbocycles. The van der Waals surface area contributed by atoms with Crippen LogP contribution < -0.4 is 16.0 Å². The lowest BCUT2D eigenvalue weighted by Gasteiger charge is -2.30. The number of amides is 2. The van der Waals surface area contributed by atoms with Gasteiger partial charge in [-0.25, -0.2) is 0 Å². The minimum Gasteiger partial charge on any atom is -0.382 e. The number of nitrogens with one attached hydrogen (secondary N) is 3. The number of fused-ring (bicyclic) bond motifs is 1. The van der Waals surface area contributed by atoms with Crippen molar-refractivity contribution in [3.63, 3.8) is 0 Å². The van der Waals surface area contributed by atoms with E-state index in [2.05, 4.69) is 22.9 Å². The molecule has 2 unspecified atom stereocenters. The minimum absolute atomic E-state index is 0.0253. The molecule has 21 heavy (non-hydrogen) atoms. The third-order valence-electron chi connectivity index (χ3n) is 3.52. The van der Waals surface area contributed by atoms with Gasteiger partial charge in [0.05, 0.1) is 12.5 Å². The molecule has 2 atom stereocenters. The Morgan fingerprint density at radius 1 is 1.33 bits per heavy atom. The van der Waals surface area contributed by atoms with Gasteiger partial charge in [0.1, 0.15) is 0 Å². The van der Waals surface area contributed by atoms with Gasteiger partial charge < -0.3 is 16.0 Å². The van der Waals surface area contributed by atoms with Gasteiger partial charge in [0.2, 0.25) is 11.8 Å². The molecule has 1 aromatic rings. The molecule has 2 amide bonds. The first-order valence-electron chi connectivity index (χ1n) is 7.40. The van der Waals surface area contributed by atoms with Crippen molar-refractivity contribution in [3.8, 4) is 0 Å². The molecule has 5 heteroatoms. The third kappa shape index (κ3) is 3.97. The lowest BCUT2D eigenvalue weighted by molar-refractivity contribution is -0.127. The fourth-order valence-electron chi connectivity index (χ4n) is 2.65. The fourth-order valence-corrected chi connectivity index (χ4v) is 2.65. The van der Waals surface area contributed by atoms with Crippen molar-refractivity contribution >= 4 is 17.5 Å². The van der Waals surface area contributed by atoms with Gasteiger partial charge in [-0.3, -0.25) is 9.59 Å². The number of carbonyl (C=O) groups excluding carboxylic acids is 2. The molecule has 0 spiro atoms. The Kier molecular flexibility index (Phi) is 4.83. The number of hydrogen-bond acceptors (Lipinski definition) is 3. The summed E-state index contributed by atoms with van der Waals surface area (Å²) in [5.74, 6) is -0.451. The number of rotatable bonds is 4. The van der Waals surface area contributed by atoms with Crippen molar-refractivity contribution in [3.05, 3.63) is 29.8 Å². The van der Waals surface area contributed by atoms with Crippen molar-refractivity contribution in [1.82, 2.24) is 10.6 Å². The molecule has 3 N–H and O–H groups in total. The summed E-state index contributed by atoms with van der Waals surface area (Å²) in [6, 6.07) is 8.15. The lowest BCUT2D eigenvalue weighted by atomic mass is 9.87. The minimum atomic E-state index is -0.204. The van der Waals surface area contributed by atoms with Crippen LogP contribution in [0.3, 0.4) is 0 Å². The standard InChI is InChI=1S/C16H23N3O2/c1-10(2)18-15(20)9-17-16(21)13-8-11(3)19-14-7-5-4-6-12(13)14/h4-7,10-11,13,19H,8-9H2,1-3H3,(H,17,21)(H,18,20). The molecule has 5 nitrogen and oxygen atoms in total. The highest BCUT2D eigenvalue weighted by molar-refractivity contribution is 5.90. The van der Waals surface area contributed by atoms with E-state index in [1.165, 1.54) is 0 Å². The summed E-state index contributed by atoms with van der Waals surface area (Å²) < 4.78 is 0. The Labute approximate surface area is 125 Å². The topological polar surface area (TPSA) is 70.2 Å². The Balaban J connectivity index is 2.01. The maximum absolute atomic E-state index is 12.4. The highest BCUT2D eigenvalue weighted by Crippen LogP contribution is 2.33. The molecule has 0 aliphatic carbocycles. The summed E-state index contributed by atoms with van der Waals surface area (Å²) in [5.41, 5.74) is 2.00. The van der Waals surface area contributed by atoms with Gasteiger partial charge in [-0.1, -0.05) is 18.2 Å². The highest BCUT2D eigenvalue weighted by atomic mass is 16.2. The van der Waals surface area contributed by atoms with Gasteiger partial charge in [-0.15, -0.1) is 0 Å². The van der Waals surface area contributed by atoms with E-state index >= 15 is 0 Å². The van der Waals surface area contributed by atoms with E-state index in [1.807, 2.05) is 38.1 Å². The van der Waals surface area contributed by atoms with Crippen LogP contribution in [0, 0.1) is 0 Å². The Morgan fingerprint density at radius 3 is 2.76 bits per heavy atom. The van der Waals surface area contributed by atoms with Crippen LogP contribution in [-0.4, -0.2) is 30.4 Å². The average Bonchev–Trinajstić information content (AvgIpc) is 2.43. The molecule has 0 aromatic heterocycles. The molecule has 114 valence electrons. The Morgan fingerprint density at radius 2 is 2.05 bits per heavy atom. The van der Waals surface area contributed by atoms with Gasteiger partial charge in [0.25, 0.3) is 0 Å². The van der Waals surface area contributed by atoms with E-state index in [9.17, 15) is 9.59 Å². The van der Waals surface area contributed by atoms with Gasteiger partial charge in [0, 0.05) is 17.8 Å². The van der Waals surface area contributed by atoms with E-state index < -0.39 is 0 Å². The molecule has 0 radical (unpaired) electrons. The second-order valence-electron chi connectivity index (χ2n) is 5.86. The first-order valence-corrected chi connectivity index (χ1v) is 7.40. The van der Waals surface area contributed by atoms with Crippen molar-refractivity contribution in [2.75, 3.05) is 11.9 Å². The summed E-state index contributed by atoms with van der Waals surface area (Å²) in [6.45, 7) is 5.87. The molecule has 0 fully saturated rings. The number of anilines is 1. The third-order valence-corrected chi connectivity index (χ3v) is 3.52. The molecule has 1 aromatic carbocycles. The summed E-state index contributed by atoms with van der Waals surface area (Å²) in [5, 5.41) is 8.88. The molecule has 2 rings (SSSR count). The predicted octanol–water partition coefficient (Wildman–Crippen LogP) is 1.62. The van der Waals surface area contributed by atoms with Crippen LogP contribution in [0.4, 0.5) is 5.69 Å². The molecule has 0 saturated heterocycles. The van der Waals surface area contributed by atoms with Crippen LogP contribution in [0.5, 0.6) is 0 Å². The average molecular weight is 289 g/mol. The normalized spacial score (nSPS) is 20.4. The molecule has 1 aliphatic heterocycles. The second-order valence-corrected chi connectivity index (χ2v) is 5.86. The fraction of sp³-hybridized carbons (Fsp3) is 0.500. The zero-order valence-electron chi connectivity index (χ0n) is 12.8. The number of carbonyl (C=O) groups is 2. The van der Waals surface area contributed by atoms with Crippen LogP contribution in [0.1, 0.15) is 38.7 Å².